The molecule has 2 heterocycles. The smallest absolute Gasteiger partial charge is 0.241 e. The Bertz CT molecular complexity index is 543. The number of amides is 1. The predicted molar refractivity (Wildman–Crippen MR) is 71.0 cm³/mol. The van der Waals surface area contributed by atoms with E-state index in [9.17, 15) is 4.79 Å². The molecule has 1 saturated heterocycles. The molecule has 1 fully saturated rings. The highest BCUT2D eigenvalue weighted by molar-refractivity contribution is 5.95. The van der Waals surface area contributed by atoms with Crippen molar-refractivity contribution < 1.29 is 4.79 Å². The monoisotopic (exact) mass is 257 g/mol. The first-order chi connectivity index (χ1) is 9.33. The molecule has 1 amide bonds. The van der Waals surface area contributed by atoms with Gasteiger partial charge in [-0.3, -0.25) is 4.79 Å². The molecule has 2 N–H and O–H groups in total. The molecular formula is C13H15N5O. The van der Waals surface area contributed by atoms with Crippen LogP contribution in [0.1, 0.15) is 12.8 Å². The van der Waals surface area contributed by atoms with E-state index in [1.165, 1.54) is 4.80 Å². The molecular weight excluding hydrogens is 242 g/mol. The molecule has 6 nitrogen and oxygen atoms in total. The van der Waals surface area contributed by atoms with E-state index in [1.807, 2.05) is 24.3 Å². The summed E-state index contributed by atoms with van der Waals surface area (Å²) in [7, 11) is 0. The number of carbonyl (C=O) groups is 1. The summed E-state index contributed by atoms with van der Waals surface area (Å²) in [6.45, 7) is 0.919. The maximum absolute atomic E-state index is 11.9. The normalized spacial score (nSPS) is 18.4. The van der Waals surface area contributed by atoms with Crippen LogP contribution in [-0.2, 0) is 4.79 Å². The Hall–Kier alpha value is -2.21. The van der Waals surface area contributed by atoms with Crippen LogP contribution in [0.4, 0.5) is 5.69 Å². The Balaban J connectivity index is 1.67. The number of nitrogens with one attached hydrogen (secondary N) is 2. The van der Waals surface area contributed by atoms with E-state index in [0.717, 1.165) is 30.8 Å². The van der Waals surface area contributed by atoms with Gasteiger partial charge < -0.3 is 10.6 Å². The van der Waals surface area contributed by atoms with Crippen LogP contribution in [0.15, 0.2) is 36.7 Å². The van der Waals surface area contributed by atoms with E-state index >= 15 is 0 Å². The topological polar surface area (TPSA) is 71.8 Å². The van der Waals surface area contributed by atoms with Gasteiger partial charge >= 0.3 is 0 Å². The number of anilines is 1. The van der Waals surface area contributed by atoms with Crippen molar-refractivity contribution in [2.45, 2.75) is 18.9 Å². The van der Waals surface area contributed by atoms with Gasteiger partial charge in [0.05, 0.1) is 24.1 Å². The van der Waals surface area contributed by atoms with Crippen LogP contribution in [0, 0.1) is 0 Å². The van der Waals surface area contributed by atoms with Gasteiger partial charge in [0.15, 0.2) is 0 Å². The Labute approximate surface area is 110 Å². The summed E-state index contributed by atoms with van der Waals surface area (Å²) in [5.74, 6) is 0.0301. The summed E-state index contributed by atoms with van der Waals surface area (Å²) in [5, 5.41) is 14.2. The quantitative estimate of drug-likeness (QED) is 0.859. The molecule has 0 saturated carbocycles. The number of aromatic nitrogens is 3. The SMILES string of the molecule is O=C(Nc1ccc(-n2nccn2)cc1)[C@@H]1CCCN1. The van der Waals surface area contributed by atoms with Crippen LogP contribution in [0.2, 0.25) is 0 Å². The number of carbonyl (C=O) groups excluding carboxylic acids is 1. The average Bonchev–Trinajstić information content (AvgIpc) is 3.13. The van der Waals surface area contributed by atoms with E-state index in [4.69, 9.17) is 0 Å². The lowest BCUT2D eigenvalue weighted by molar-refractivity contribution is -0.117. The molecule has 1 aromatic heterocycles. The Morgan fingerprint density at radius 2 is 2.00 bits per heavy atom. The van der Waals surface area contributed by atoms with Crippen LogP contribution in [0.5, 0.6) is 0 Å². The molecule has 1 aliphatic heterocycles. The minimum Gasteiger partial charge on any atom is -0.325 e. The summed E-state index contributed by atoms with van der Waals surface area (Å²) in [5.41, 5.74) is 1.65. The number of rotatable bonds is 3. The fourth-order valence-corrected chi connectivity index (χ4v) is 2.16. The summed E-state index contributed by atoms with van der Waals surface area (Å²) in [6.07, 6.45) is 5.21. The van der Waals surface area contributed by atoms with Gasteiger partial charge in [-0.15, -0.1) is 0 Å². The van der Waals surface area contributed by atoms with Crippen molar-refractivity contribution in [2.75, 3.05) is 11.9 Å². The molecule has 1 atom stereocenters. The van der Waals surface area contributed by atoms with E-state index in [1.54, 1.807) is 12.4 Å². The largest absolute Gasteiger partial charge is 0.325 e. The molecule has 98 valence electrons. The van der Waals surface area contributed by atoms with Crippen LogP contribution >= 0.6 is 0 Å². The van der Waals surface area contributed by atoms with Gasteiger partial charge in [-0.05, 0) is 43.7 Å². The molecule has 1 aromatic carbocycles. The van der Waals surface area contributed by atoms with Gasteiger partial charge in [0.25, 0.3) is 0 Å². The second-order valence-corrected chi connectivity index (χ2v) is 4.50. The van der Waals surface area contributed by atoms with Gasteiger partial charge in [0, 0.05) is 5.69 Å². The molecule has 0 bridgehead atoms. The lowest BCUT2D eigenvalue weighted by Crippen LogP contribution is -2.35. The van der Waals surface area contributed by atoms with Crippen LogP contribution < -0.4 is 10.6 Å². The maximum atomic E-state index is 11.9. The van der Waals surface area contributed by atoms with Crippen molar-refractivity contribution >= 4 is 11.6 Å². The van der Waals surface area contributed by atoms with Crippen molar-refractivity contribution in [3.8, 4) is 5.69 Å². The third kappa shape index (κ3) is 2.63. The summed E-state index contributed by atoms with van der Waals surface area (Å²) < 4.78 is 0. The Kier molecular flexibility index (Phi) is 3.24. The fourth-order valence-electron chi connectivity index (χ4n) is 2.16. The van der Waals surface area contributed by atoms with Gasteiger partial charge in [-0.1, -0.05) is 0 Å². The van der Waals surface area contributed by atoms with E-state index in [-0.39, 0.29) is 11.9 Å². The van der Waals surface area contributed by atoms with Crippen molar-refractivity contribution in [3.63, 3.8) is 0 Å². The highest BCUT2D eigenvalue weighted by Crippen LogP contribution is 2.13. The van der Waals surface area contributed by atoms with Gasteiger partial charge in [-0.2, -0.15) is 15.0 Å². The first-order valence-corrected chi connectivity index (χ1v) is 6.34. The summed E-state index contributed by atoms with van der Waals surface area (Å²) in [4.78, 5) is 13.5. The zero-order chi connectivity index (χ0) is 13.1. The van der Waals surface area contributed by atoms with Crippen LogP contribution in [0.25, 0.3) is 5.69 Å². The van der Waals surface area contributed by atoms with E-state index in [2.05, 4.69) is 20.8 Å². The number of hydrogen-bond donors (Lipinski definition) is 2. The third-order valence-electron chi connectivity index (χ3n) is 3.16. The Morgan fingerprint density at radius 3 is 2.63 bits per heavy atom. The van der Waals surface area contributed by atoms with E-state index in [0.29, 0.717) is 0 Å². The molecule has 0 spiro atoms. The lowest BCUT2D eigenvalue weighted by Gasteiger charge is -2.11. The zero-order valence-electron chi connectivity index (χ0n) is 10.4. The highest BCUT2D eigenvalue weighted by atomic mass is 16.2. The van der Waals surface area contributed by atoms with Gasteiger partial charge in [0.2, 0.25) is 5.91 Å². The number of benzene rings is 1. The van der Waals surface area contributed by atoms with Crippen molar-refractivity contribution in [2.24, 2.45) is 0 Å². The van der Waals surface area contributed by atoms with Gasteiger partial charge in [-0.25, -0.2) is 0 Å². The second-order valence-electron chi connectivity index (χ2n) is 4.50. The molecule has 1 aliphatic rings. The molecule has 2 aromatic rings. The highest BCUT2D eigenvalue weighted by Gasteiger charge is 2.21. The Morgan fingerprint density at radius 1 is 1.26 bits per heavy atom. The molecule has 0 aliphatic carbocycles. The molecule has 0 unspecified atom stereocenters. The number of nitrogens with zero attached hydrogens (tertiary/aromatic N) is 3. The maximum Gasteiger partial charge on any atom is 0.241 e. The molecule has 6 heteroatoms. The van der Waals surface area contributed by atoms with Crippen LogP contribution in [-0.4, -0.2) is 33.5 Å². The van der Waals surface area contributed by atoms with Gasteiger partial charge in [0.1, 0.15) is 0 Å². The van der Waals surface area contributed by atoms with Crippen molar-refractivity contribution in [1.82, 2.24) is 20.3 Å². The standard InChI is InChI=1S/C13H15N5O/c19-13(12-2-1-7-14-12)17-10-3-5-11(6-4-10)18-15-8-9-16-18/h3-6,8-9,12,14H,1-2,7H2,(H,17,19)/t12-/m0/s1. The predicted octanol–water partition coefficient (Wildman–Crippen LogP) is 0.958. The molecule has 3 rings (SSSR count). The first kappa shape index (κ1) is 11.9. The first-order valence-electron chi connectivity index (χ1n) is 6.34. The second kappa shape index (κ2) is 5.19. The van der Waals surface area contributed by atoms with Crippen molar-refractivity contribution in [3.05, 3.63) is 36.7 Å². The van der Waals surface area contributed by atoms with Crippen molar-refractivity contribution in [1.29, 1.82) is 0 Å². The number of hydrogen-bond acceptors (Lipinski definition) is 4. The average molecular weight is 257 g/mol. The summed E-state index contributed by atoms with van der Waals surface area (Å²) >= 11 is 0. The zero-order valence-corrected chi connectivity index (χ0v) is 10.4. The lowest BCUT2D eigenvalue weighted by atomic mass is 10.2. The minimum absolute atomic E-state index is 0.0301. The van der Waals surface area contributed by atoms with Crippen LogP contribution in [0.3, 0.4) is 0 Å². The fraction of sp³-hybridized carbons (Fsp3) is 0.308. The van der Waals surface area contributed by atoms with E-state index < -0.39 is 0 Å². The third-order valence-corrected chi connectivity index (χ3v) is 3.16. The molecule has 0 radical (unpaired) electrons. The molecule has 19 heavy (non-hydrogen) atoms. The summed E-state index contributed by atoms with van der Waals surface area (Å²) in [6, 6.07) is 7.39. The minimum atomic E-state index is -0.0625.